The summed E-state index contributed by atoms with van der Waals surface area (Å²) in [6.07, 6.45) is 0.215. The number of carbonyl (C=O) groups excluding carboxylic acids is 3. The molecule has 1 aliphatic rings. The molecule has 0 unspecified atom stereocenters. The molecule has 2 N–H and O–H groups in total. The SMILES string of the molecule is CCOC(=O)N1CCC(NC(=O)C(=O)NCC(OC)OC)CC1. The van der Waals surface area contributed by atoms with Crippen LogP contribution in [0.25, 0.3) is 0 Å². The molecule has 9 nitrogen and oxygen atoms in total. The minimum Gasteiger partial charge on any atom is -0.450 e. The Bertz CT molecular complexity index is 405. The molecular weight excluding hydrogens is 306 g/mol. The fourth-order valence-corrected chi connectivity index (χ4v) is 2.19. The molecule has 0 saturated carbocycles. The molecule has 0 aliphatic carbocycles. The van der Waals surface area contributed by atoms with Crippen LogP contribution in [0.5, 0.6) is 0 Å². The van der Waals surface area contributed by atoms with Gasteiger partial charge in [-0.1, -0.05) is 0 Å². The van der Waals surface area contributed by atoms with Gasteiger partial charge in [0, 0.05) is 33.4 Å². The largest absolute Gasteiger partial charge is 0.450 e. The van der Waals surface area contributed by atoms with Gasteiger partial charge in [-0.15, -0.1) is 0 Å². The Balaban J connectivity index is 2.30. The van der Waals surface area contributed by atoms with Crippen molar-refractivity contribution in [3.63, 3.8) is 0 Å². The zero-order chi connectivity index (χ0) is 17.2. The number of methoxy groups -OCH3 is 2. The lowest BCUT2D eigenvalue weighted by Gasteiger charge is -2.31. The standard InChI is InChI=1S/C14H25N3O6/c1-4-23-14(20)17-7-5-10(6-8-17)16-13(19)12(18)15-9-11(21-2)22-3/h10-11H,4-9H2,1-3H3,(H,15,18)(H,16,19). The number of nitrogens with zero attached hydrogens (tertiary/aromatic N) is 1. The first kappa shape index (κ1) is 19.2. The van der Waals surface area contributed by atoms with E-state index in [2.05, 4.69) is 10.6 Å². The number of ether oxygens (including phenoxy) is 3. The first-order valence-electron chi connectivity index (χ1n) is 7.57. The van der Waals surface area contributed by atoms with Crippen molar-refractivity contribution in [2.24, 2.45) is 0 Å². The van der Waals surface area contributed by atoms with Crippen molar-refractivity contribution in [1.29, 1.82) is 0 Å². The summed E-state index contributed by atoms with van der Waals surface area (Å²) in [4.78, 5) is 36.7. The maximum Gasteiger partial charge on any atom is 0.409 e. The van der Waals surface area contributed by atoms with E-state index in [-0.39, 0.29) is 18.7 Å². The second kappa shape index (κ2) is 10.0. The lowest BCUT2D eigenvalue weighted by Crippen LogP contribution is -2.50. The van der Waals surface area contributed by atoms with E-state index < -0.39 is 18.1 Å². The Hall–Kier alpha value is -1.87. The van der Waals surface area contributed by atoms with Gasteiger partial charge in [0.1, 0.15) is 0 Å². The zero-order valence-electron chi connectivity index (χ0n) is 13.8. The average molecular weight is 331 g/mol. The van der Waals surface area contributed by atoms with E-state index in [1.165, 1.54) is 14.2 Å². The maximum atomic E-state index is 11.8. The number of hydrogen-bond acceptors (Lipinski definition) is 6. The van der Waals surface area contributed by atoms with Crippen molar-refractivity contribution in [2.75, 3.05) is 40.5 Å². The van der Waals surface area contributed by atoms with Crippen LogP contribution in [-0.4, -0.2) is 75.6 Å². The number of piperidine rings is 1. The molecule has 0 aromatic heterocycles. The highest BCUT2D eigenvalue weighted by Crippen LogP contribution is 2.11. The molecule has 0 atom stereocenters. The number of nitrogens with one attached hydrogen (secondary N) is 2. The molecule has 0 bridgehead atoms. The quantitative estimate of drug-likeness (QED) is 0.500. The van der Waals surface area contributed by atoms with Crippen LogP contribution >= 0.6 is 0 Å². The molecule has 0 radical (unpaired) electrons. The van der Waals surface area contributed by atoms with Crippen LogP contribution in [0.3, 0.4) is 0 Å². The van der Waals surface area contributed by atoms with Gasteiger partial charge in [-0.05, 0) is 19.8 Å². The van der Waals surface area contributed by atoms with Gasteiger partial charge in [0.05, 0.1) is 13.2 Å². The van der Waals surface area contributed by atoms with Crippen LogP contribution in [0, 0.1) is 0 Å². The van der Waals surface area contributed by atoms with E-state index in [0.717, 1.165) is 0 Å². The van der Waals surface area contributed by atoms with Crippen molar-refractivity contribution in [3.05, 3.63) is 0 Å². The Kier molecular flexibility index (Phi) is 8.35. The van der Waals surface area contributed by atoms with E-state index in [0.29, 0.717) is 32.5 Å². The predicted molar refractivity (Wildman–Crippen MR) is 80.6 cm³/mol. The second-order valence-corrected chi connectivity index (χ2v) is 5.04. The Morgan fingerprint density at radius 1 is 1.13 bits per heavy atom. The van der Waals surface area contributed by atoms with Crippen molar-refractivity contribution >= 4 is 17.9 Å². The molecule has 1 rings (SSSR count). The molecular formula is C14H25N3O6. The van der Waals surface area contributed by atoms with Gasteiger partial charge < -0.3 is 29.7 Å². The molecule has 1 saturated heterocycles. The molecule has 0 spiro atoms. The highest BCUT2D eigenvalue weighted by Gasteiger charge is 2.26. The van der Waals surface area contributed by atoms with Crippen LogP contribution < -0.4 is 10.6 Å². The predicted octanol–water partition coefficient (Wildman–Crippen LogP) is -0.541. The van der Waals surface area contributed by atoms with Gasteiger partial charge >= 0.3 is 17.9 Å². The number of likely N-dealkylation sites (tertiary alicyclic amines) is 1. The lowest BCUT2D eigenvalue weighted by atomic mass is 10.1. The molecule has 0 aromatic carbocycles. The Morgan fingerprint density at radius 2 is 1.74 bits per heavy atom. The number of hydrogen-bond donors (Lipinski definition) is 2. The monoisotopic (exact) mass is 331 g/mol. The molecule has 3 amide bonds. The van der Waals surface area contributed by atoms with Gasteiger partial charge in [-0.2, -0.15) is 0 Å². The van der Waals surface area contributed by atoms with Crippen LogP contribution in [0.15, 0.2) is 0 Å². The van der Waals surface area contributed by atoms with Gasteiger partial charge in [0.2, 0.25) is 0 Å². The Morgan fingerprint density at radius 3 is 2.26 bits per heavy atom. The molecule has 0 aromatic rings. The number of rotatable bonds is 6. The van der Waals surface area contributed by atoms with Gasteiger partial charge in [-0.25, -0.2) is 4.79 Å². The van der Waals surface area contributed by atoms with Gasteiger partial charge in [0.15, 0.2) is 6.29 Å². The molecule has 132 valence electrons. The topological polar surface area (TPSA) is 106 Å². The zero-order valence-corrected chi connectivity index (χ0v) is 13.8. The summed E-state index contributed by atoms with van der Waals surface area (Å²) in [6.45, 7) is 3.14. The van der Waals surface area contributed by atoms with Gasteiger partial charge in [-0.3, -0.25) is 9.59 Å². The first-order valence-corrected chi connectivity index (χ1v) is 7.57. The summed E-state index contributed by atoms with van der Waals surface area (Å²) in [5.41, 5.74) is 0. The third-order valence-electron chi connectivity index (χ3n) is 3.52. The normalized spacial score (nSPS) is 15.4. The summed E-state index contributed by atoms with van der Waals surface area (Å²) < 4.78 is 14.8. The second-order valence-electron chi connectivity index (χ2n) is 5.04. The van der Waals surface area contributed by atoms with Crippen molar-refractivity contribution in [3.8, 4) is 0 Å². The minimum absolute atomic E-state index is 0.0839. The Labute approximate surface area is 135 Å². The summed E-state index contributed by atoms with van der Waals surface area (Å²) >= 11 is 0. The fraction of sp³-hybridized carbons (Fsp3) is 0.786. The van der Waals surface area contributed by atoms with Crippen molar-refractivity contribution in [1.82, 2.24) is 15.5 Å². The van der Waals surface area contributed by atoms with Crippen LogP contribution in [0.1, 0.15) is 19.8 Å². The van der Waals surface area contributed by atoms with E-state index in [1.54, 1.807) is 11.8 Å². The van der Waals surface area contributed by atoms with E-state index in [1.807, 2.05) is 0 Å². The molecule has 1 fully saturated rings. The lowest BCUT2D eigenvalue weighted by molar-refractivity contribution is -0.142. The van der Waals surface area contributed by atoms with Gasteiger partial charge in [0.25, 0.3) is 0 Å². The third kappa shape index (κ3) is 6.41. The number of amides is 3. The smallest absolute Gasteiger partial charge is 0.409 e. The minimum atomic E-state index is -0.739. The molecule has 23 heavy (non-hydrogen) atoms. The average Bonchev–Trinajstić information content (AvgIpc) is 2.56. The summed E-state index contributed by atoms with van der Waals surface area (Å²) in [5, 5.41) is 5.09. The summed E-state index contributed by atoms with van der Waals surface area (Å²) in [6, 6.07) is -0.139. The molecule has 1 heterocycles. The fourth-order valence-electron chi connectivity index (χ4n) is 2.19. The van der Waals surface area contributed by atoms with E-state index in [4.69, 9.17) is 14.2 Å². The molecule has 9 heteroatoms. The summed E-state index contributed by atoms with van der Waals surface area (Å²) in [7, 11) is 2.88. The van der Waals surface area contributed by atoms with E-state index >= 15 is 0 Å². The summed E-state index contributed by atoms with van der Waals surface area (Å²) in [5.74, 6) is -1.44. The van der Waals surface area contributed by atoms with Crippen molar-refractivity contribution in [2.45, 2.75) is 32.1 Å². The van der Waals surface area contributed by atoms with Crippen LogP contribution in [0.2, 0.25) is 0 Å². The molecule has 1 aliphatic heterocycles. The first-order chi connectivity index (χ1) is 11.0. The third-order valence-corrected chi connectivity index (χ3v) is 3.52. The maximum absolute atomic E-state index is 11.8. The number of carbonyl (C=O) groups is 3. The van der Waals surface area contributed by atoms with E-state index in [9.17, 15) is 14.4 Å². The van der Waals surface area contributed by atoms with Crippen molar-refractivity contribution < 1.29 is 28.6 Å². The van der Waals surface area contributed by atoms with Crippen LogP contribution in [0.4, 0.5) is 4.79 Å². The highest BCUT2D eigenvalue weighted by molar-refractivity contribution is 6.35. The highest BCUT2D eigenvalue weighted by atomic mass is 16.7. The van der Waals surface area contributed by atoms with Crippen LogP contribution in [-0.2, 0) is 23.8 Å².